The predicted octanol–water partition coefficient (Wildman–Crippen LogP) is 5.59. The van der Waals surface area contributed by atoms with Crippen molar-refractivity contribution in [3.8, 4) is 0 Å². The number of nitrogens with two attached hydrogens (primary N) is 1. The summed E-state index contributed by atoms with van der Waals surface area (Å²) in [5.41, 5.74) is 10.5. The zero-order chi connectivity index (χ0) is 30.8. The number of rotatable bonds is 8. The zero-order valence-electron chi connectivity index (χ0n) is 26.2. The minimum Gasteiger partial charge on any atom is -0.364 e. The van der Waals surface area contributed by atoms with Gasteiger partial charge < -0.3 is 25.8 Å². The highest BCUT2D eigenvalue weighted by molar-refractivity contribution is 5.96. The molecule has 1 aliphatic carbocycles. The molecule has 4 heterocycles. The first-order chi connectivity index (χ1) is 22.0. The molecule has 2 saturated heterocycles. The highest BCUT2D eigenvalue weighted by atomic mass is 16.2. The van der Waals surface area contributed by atoms with Crippen LogP contribution in [-0.4, -0.2) is 63.8 Å². The van der Waals surface area contributed by atoms with Crippen molar-refractivity contribution in [2.24, 2.45) is 11.7 Å². The second-order valence-electron chi connectivity index (χ2n) is 13.5. The fourth-order valence-electron chi connectivity index (χ4n) is 7.97. The van der Waals surface area contributed by atoms with Crippen LogP contribution in [0.25, 0.3) is 0 Å². The van der Waals surface area contributed by atoms with Crippen LogP contribution in [0.1, 0.15) is 90.9 Å². The molecule has 7 rings (SSSR count). The van der Waals surface area contributed by atoms with Gasteiger partial charge in [0.1, 0.15) is 5.82 Å². The molecule has 4 aliphatic rings. The molecular weight excluding hydrogens is 562 g/mol. The number of primary amides is 1. The highest BCUT2D eigenvalue weighted by Gasteiger charge is 2.30. The summed E-state index contributed by atoms with van der Waals surface area (Å²) in [7, 11) is 0. The number of anilines is 3. The van der Waals surface area contributed by atoms with Crippen molar-refractivity contribution in [3.05, 3.63) is 77.1 Å². The summed E-state index contributed by atoms with van der Waals surface area (Å²) in [6.45, 7) is 5.33. The average Bonchev–Trinajstić information content (AvgIpc) is 3.76. The summed E-state index contributed by atoms with van der Waals surface area (Å²) in [5.74, 6) is 1.47. The Morgan fingerprint density at radius 3 is 2.27 bits per heavy atom. The van der Waals surface area contributed by atoms with Crippen LogP contribution in [0.5, 0.6) is 0 Å². The van der Waals surface area contributed by atoms with Gasteiger partial charge in [-0.25, -0.2) is 9.97 Å². The predicted molar refractivity (Wildman–Crippen MR) is 176 cm³/mol. The Labute approximate surface area is 266 Å². The first-order valence-electron chi connectivity index (χ1n) is 16.9. The van der Waals surface area contributed by atoms with Gasteiger partial charge in [-0.2, -0.15) is 0 Å². The third-order valence-corrected chi connectivity index (χ3v) is 10.5. The summed E-state index contributed by atoms with van der Waals surface area (Å²) < 4.78 is 0. The van der Waals surface area contributed by atoms with Crippen LogP contribution in [0, 0.1) is 5.92 Å². The second kappa shape index (κ2) is 13.2. The Morgan fingerprint density at radius 2 is 1.58 bits per heavy atom. The van der Waals surface area contributed by atoms with Crippen LogP contribution in [0.3, 0.4) is 0 Å². The van der Waals surface area contributed by atoms with Gasteiger partial charge in [0, 0.05) is 44.3 Å². The lowest BCUT2D eigenvalue weighted by Gasteiger charge is -2.36. The lowest BCUT2D eigenvalue weighted by molar-refractivity contribution is -0.132. The summed E-state index contributed by atoms with van der Waals surface area (Å²) in [6, 6.07) is 17.6. The van der Waals surface area contributed by atoms with Crippen LogP contribution in [-0.2, 0) is 17.9 Å². The van der Waals surface area contributed by atoms with E-state index in [1.807, 2.05) is 17.0 Å². The van der Waals surface area contributed by atoms with Crippen molar-refractivity contribution in [2.75, 3.05) is 36.4 Å². The van der Waals surface area contributed by atoms with Crippen LogP contribution in [0.2, 0.25) is 0 Å². The first kappa shape index (κ1) is 29.7. The van der Waals surface area contributed by atoms with Crippen molar-refractivity contribution < 1.29 is 9.59 Å². The van der Waals surface area contributed by atoms with Gasteiger partial charge in [-0.1, -0.05) is 49.2 Å². The van der Waals surface area contributed by atoms with Gasteiger partial charge in [-0.15, -0.1) is 0 Å². The van der Waals surface area contributed by atoms with E-state index in [4.69, 9.17) is 10.7 Å². The Balaban J connectivity index is 0.981. The standard InChI is InChI=1S/C36H45N7O2/c37-35(45)34-36(39-30-13-11-26(12-14-30)27-15-18-41(19-16-27)31-9-3-4-10-31)40-32(21-38-34)42-17-5-6-25(22-42)20-33(44)43-23-28-7-1-2-8-29(28)24-43/h1-2,7-8,11-14,21,25,27,31H,3-6,9-10,15-20,22-24H2,(H2,37,45)(H,39,40)/t25-/m0/s1. The number of nitrogens with one attached hydrogen (secondary N) is 1. The smallest absolute Gasteiger partial charge is 0.271 e. The Kier molecular flexibility index (Phi) is 8.70. The molecule has 3 aromatic rings. The number of carbonyl (C=O) groups excluding carboxylic acids is 2. The molecule has 2 aromatic carbocycles. The zero-order valence-corrected chi connectivity index (χ0v) is 26.2. The van der Waals surface area contributed by atoms with Crippen molar-refractivity contribution in [2.45, 2.75) is 82.8 Å². The number of hydrogen-bond acceptors (Lipinski definition) is 7. The maximum atomic E-state index is 13.2. The first-order valence-corrected chi connectivity index (χ1v) is 16.9. The van der Waals surface area contributed by atoms with Crippen LogP contribution >= 0.6 is 0 Å². The van der Waals surface area contributed by atoms with E-state index < -0.39 is 5.91 Å². The molecule has 1 atom stereocenters. The average molecular weight is 608 g/mol. The molecule has 0 spiro atoms. The molecule has 236 valence electrons. The number of aromatic nitrogens is 2. The van der Waals surface area contributed by atoms with Gasteiger partial charge in [0.2, 0.25) is 5.91 Å². The molecule has 0 radical (unpaired) electrons. The van der Waals surface area contributed by atoms with E-state index in [1.165, 1.54) is 68.3 Å². The van der Waals surface area contributed by atoms with Crippen LogP contribution < -0.4 is 16.0 Å². The van der Waals surface area contributed by atoms with E-state index in [2.05, 4.69) is 56.5 Å². The fourth-order valence-corrected chi connectivity index (χ4v) is 7.97. The van der Waals surface area contributed by atoms with Crippen LogP contribution in [0.4, 0.5) is 17.3 Å². The second-order valence-corrected chi connectivity index (χ2v) is 13.5. The van der Waals surface area contributed by atoms with E-state index in [0.29, 0.717) is 37.1 Å². The molecule has 1 aromatic heterocycles. The Hall–Kier alpha value is -3.98. The van der Waals surface area contributed by atoms with Gasteiger partial charge in [0.05, 0.1) is 6.20 Å². The molecule has 0 unspecified atom stereocenters. The van der Waals surface area contributed by atoms with Crippen molar-refractivity contribution in [1.82, 2.24) is 19.8 Å². The summed E-state index contributed by atoms with van der Waals surface area (Å²) >= 11 is 0. The molecule has 3 aliphatic heterocycles. The van der Waals surface area contributed by atoms with Crippen molar-refractivity contribution in [1.29, 1.82) is 0 Å². The molecule has 45 heavy (non-hydrogen) atoms. The normalized spacial score (nSPS) is 21.2. The number of likely N-dealkylation sites (tertiary alicyclic amines) is 1. The lowest BCUT2D eigenvalue weighted by atomic mass is 9.88. The maximum Gasteiger partial charge on any atom is 0.271 e. The SMILES string of the molecule is NC(=O)c1ncc(N2CCC[C@@H](CC(=O)N3Cc4ccccc4C3)C2)nc1Nc1ccc(C2CCN(C3CCCC3)CC2)cc1. The minimum atomic E-state index is -0.615. The molecule has 1 saturated carbocycles. The van der Waals surface area contributed by atoms with Gasteiger partial charge in [0.25, 0.3) is 5.91 Å². The molecule has 9 nitrogen and oxygen atoms in total. The van der Waals surface area contributed by atoms with Gasteiger partial charge >= 0.3 is 0 Å². The number of benzene rings is 2. The number of piperidine rings is 2. The monoisotopic (exact) mass is 607 g/mol. The number of nitrogens with zero attached hydrogens (tertiary/aromatic N) is 5. The third-order valence-electron chi connectivity index (χ3n) is 10.5. The maximum absolute atomic E-state index is 13.2. The number of fused-ring (bicyclic) bond motifs is 1. The van der Waals surface area contributed by atoms with Gasteiger partial charge in [0.15, 0.2) is 11.5 Å². The summed E-state index contributed by atoms with van der Waals surface area (Å²) in [5, 5.41) is 3.33. The van der Waals surface area contributed by atoms with Crippen molar-refractivity contribution >= 4 is 29.1 Å². The van der Waals surface area contributed by atoms with Crippen molar-refractivity contribution in [3.63, 3.8) is 0 Å². The van der Waals surface area contributed by atoms with Crippen LogP contribution in [0.15, 0.2) is 54.7 Å². The Morgan fingerprint density at radius 1 is 0.867 bits per heavy atom. The minimum absolute atomic E-state index is 0.124. The topological polar surface area (TPSA) is 108 Å². The van der Waals surface area contributed by atoms with E-state index in [9.17, 15) is 9.59 Å². The van der Waals surface area contributed by atoms with E-state index >= 15 is 0 Å². The third kappa shape index (κ3) is 6.69. The molecule has 9 heteroatoms. The molecule has 2 amide bonds. The summed E-state index contributed by atoms with van der Waals surface area (Å²) in [4.78, 5) is 41.6. The highest BCUT2D eigenvalue weighted by Crippen LogP contribution is 2.34. The largest absolute Gasteiger partial charge is 0.364 e. The van der Waals surface area contributed by atoms with Gasteiger partial charge in [-0.3, -0.25) is 9.59 Å². The van der Waals surface area contributed by atoms with E-state index in [-0.39, 0.29) is 17.5 Å². The molecular formula is C36H45N7O2. The van der Waals surface area contributed by atoms with Gasteiger partial charge in [-0.05, 0) is 92.3 Å². The van der Waals surface area contributed by atoms with E-state index in [1.54, 1.807) is 6.20 Å². The lowest BCUT2D eigenvalue weighted by Crippen LogP contribution is -2.39. The number of amides is 2. The number of carbonyl (C=O) groups is 2. The fraction of sp³-hybridized carbons (Fsp3) is 0.500. The summed E-state index contributed by atoms with van der Waals surface area (Å²) in [6.07, 6.45) is 12.1. The Bertz CT molecular complexity index is 1490. The molecule has 3 fully saturated rings. The molecule has 0 bridgehead atoms. The number of hydrogen-bond donors (Lipinski definition) is 2. The molecule has 3 N–H and O–H groups in total. The quantitative estimate of drug-likeness (QED) is 0.344. The van der Waals surface area contributed by atoms with E-state index in [0.717, 1.165) is 37.7 Å².